The zero-order valence-corrected chi connectivity index (χ0v) is 16.3. The van der Waals surface area contributed by atoms with Crippen molar-refractivity contribution < 1.29 is 17.9 Å². The molecular weight excluding hydrogens is 423 g/mol. The van der Waals surface area contributed by atoms with Crippen molar-refractivity contribution in [1.29, 1.82) is 0 Å². The summed E-state index contributed by atoms with van der Waals surface area (Å²) >= 11 is 17.7. The van der Waals surface area contributed by atoms with Crippen LogP contribution >= 0.6 is 34.8 Å². The molecule has 1 aliphatic carbocycles. The van der Waals surface area contributed by atoms with Gasteiger partial charge < -0.3 is 4.74 Å². The number of carbonyl (C=O) groups is 1. The largest absolute Gasteiger partial charge is 0.457 e. The summed E-state index contributed by atoms with van der Waals surface area (Å²) in [5.74, 6) is -0.774. The van der Waals surface area contributed by atoms with Crippen LogP contribution in [0.2, 0.25) is 15.2 Å². The van der Waals surface area contributed by atoms with Crippen molar-refractivity contribution >= 4 is 50.8 Å². The van der Waals surface area contributed by atoms with Gasteiger partial charge in [0.05, 0.1) is 15.6 Å². The van der Waals surface area contributed by atoms with Crippen LogP contribution in [0, 0.1) is 0 Å². The Hall–Kier alpha value is -1.38. The number of benzene rings is 1. The van der Waals surface area contributed by atoms with E-state index in [0.717, 1.165) is 18.9 Å². The van der Waals surface area contributed by atoms with Gasteiger partial charge in [0.1, 0.15) is 16.7 Å². The van der Waals surface area contributed by atoms with Gasteiger partial charge in [0.2, 0.25) is 10.0 Å². The van der Waals surface area contributed by atoms with Crippen LogP contribution in [0.4, 0.5) is 0 Å². The number of nitrogens with zero attached hydrogens (tertiary/aromatic N) is 1. The Morgan fingerprint density at radius 3 is 2.54 bits per heavy atom. The molecule has 2 aromatic rings. The van der Waals surface area contributed by atoms with Crippen LogP contribution in [0.15, 0.2) is 35.4 Å². The summed E-state index contributed by atoms with van der Waals surface area (Å²) < 4.78 is 32.5. The van der Waals surface area contributed by atoms with Crippen LogP contribution in [0.1, 0.15) is 28.8 Å². The van der Waals surface area contributed by atoms with Crippen LogP contribution in [-0.4, -0.2) is 25.4 Å². The molecule has 1 aliphatic rings. The van der Waals surface area contributed by atoms with Crippen molar-refractivity contribution in [2.24, 2.45) is 0 Å². The predicted octanol–water partition coefficient (Wildman–Crippen LogP) is 3.84. The van der Waals surface area contributed by atoms with Gasteiger partial charge in [-0.25, -0.2) is 22.9 Å². The molecule has 0 amide bonds. The van der Waals surface area contributed by atoms with E-state index in [2.05, 4.69) is 9.71 Å². The van der Waals surface area contributed by atoms with Crippen LogP contribution in [0.5, 0.6) is 0 Å². The monoisotopic (exact) mass is 434 g/mol. The van der Waals surface area contributed by atoms with Crippen LogP contribution in [-0.2, 0) is 21.4 Å². The number of hydrogen-bond acceptors (Lipinski definition) is 5. The summed E-state index contributed by atoms with van der Waals surface area (Å²) in [6.45, 7) is -0.0651. The van der Waals surface area contributed by atoms with Gasteiger partial charge in [0.15, 0.2) is 0 Å². The molecule has 0 atom stereocenters. The third-order valence-corrected chi connectivity index (χ3v) is 6.11. The Balaban J connectivity index is 1.80. The fraction of sp³-hybridized carbons (Fsp3) is 0.250. The van der Waals surface area contributed by atoms with Crippen LogP contribution < -0.4 is 4.72 Å². The molecule has 1 aromatic heterocycles. The molecule has 0 unspecified atom stereocenters. The number of esters is 1. The van der Waals surface area contributed by atoms with Gasteiger partial charge in [-0.2, -0.15) is 0 Å². The van der Waals surface area contributed by atoms with Crippen LogP contribution in [0.25, 0.3) is 0 Å². The molecule has 3 rings (SSSR count). The lowest BCUT2D eigenvalue weighted by molar-refractivity contribution is 0.0472. The fourth-order valence-corrected chi connectivity index (χ4v) is 4.36. The number of sulfonamides is 1. The molecule has 0 radical (unpaired) electrons. The average Bonchev–Trinajstić information content (AvgIpc) is 3.37. The number of ether oxygens (including phenoxy) is 1. The topological polar surface area (TPSA) is 85.4 Å². The van der Waals surface area contributed by atoms with Gasteiger partial charge in [-0.05, 0) is 31.0 Å². The summed E-state index contributed by atoms with van der Waals surface area (Å²) in [5, 5.41) is 0.250. The molecule has 1 N–H and O–H groups in total. The van der Waals surface area contributed by atoms with E-state index < -0.39 is 16.0 Å². The minimum atomic E-state index is -3.85. The molecule has 0 saturated heterocycles. The lowest BCUT2D eigenvalue weighted by atomic mass is 10.2. The Labute approximate surface area is 165 Å². The third kappa shape index (κ3) is 4.66. The number of rotatable bonds is 6. The Morgan fingerprint density at radius 2 is 1.92 bits per heavy atom. The van der Waals surface area contributed by atoms with Crippen molar-refractivity contribution in [3.05, 3.63) is 56.8 Å². The SMILES string of the molecule is O=C(OCc1ccc(Cl)nc1)c1cc(S(=O)(=O)NC2CC2)c(Cl)cc1Cl. The molecule has 0 bridgehead atoms. The van der Waals surface area contributed by atoms with Crippen molar-refractivity contribution in [2.45, 2.75) is 30.4 Å². The highest BCUT2D eigenvalue weighted by Crippen LogP contribution is 2.31. The highest BCUT2D eigenvalue weighted by molar-refractivity contribution is 7.89. The summed E-state index contributed by atoms with van der Waals surface area (Å²) in [6.07, 6.45) is 3.01. The number of aromatic nitrogens is 1. The number of nitrogens with one attached hydrogen (secondary N) is 1. The fourth-order valence-electron chi connectivity index (χ4n) is 2.09. The first-order chi connectivity index (χ1) is 12.3. The molecule has 26 heavy (non-hydrogen) atoms. The zero-order valence-electron chi connectivity index (χ0n) is 13.2. The number of carbonyl (C=O) groups excluding carboxylic acids is 1. The molecule has 0 spiro atoms. The summed E-state index contributed by atoms with van der Waals surface area (Å²) in [5.41, 5.74) is 0.533. The molecule has 10 heteroatoms. The normalized spacial score (nSPS) is 14.3. The highest BCUT2D eigenvalue weighted by Gasteiger charge is 2.30. The molecule has 1 saturated carbocycles. The Morgan fingerprint density at radius 1 is 1.19 bits per heavy atom. The third-order valence-electron chi connectivity index (χ3n) is 3.59. The molecular formula is C16H13Cl3N2O4S. The minimum Gasteiger partial charge on any atom is -0.457 e. The summed E-state index contributed by atoms with van der Waals surface area (Å²) in [4.78, 5) is 16.0. The van der Waals surface area contributed by atoms with Gasteiger partial charge >= 0.3 is 5.97 Å². The van der Waals surface area contributed by atoms with E-state index in [1.165, 1.54) is 12.3 Å². The second kappa shape index (κ2) is 7.70. The van der Waals surface area contributed by atoms with Gasteiger partial charge in [0, 0.05) is 17.8 Å². The molecule has 0 aliphatic heterocycles. The van der Waals surface area contributed by atoms with Crippen molar-refractivity contribution in [1.82, 2.24) is 9.71 Å². The Bertz CT molecular complexity index is 945. The molecule has 1 fully saturated rings. The van der Waals surface area contributed by atoms with Crippen LogP contribution in [0.3, 0.4) is 0 Å². The molecule has 6 nitrogen and oxygen atoms in total. The number of hydrogen-bond donors (Lipinski definition) is 1. The van der Waals surface area contributed by atoms with E-state index >= 15 is 0 Å². The quantitative estimate of drug-likeness (QED) is 0.550. The second-order valence-corrected chi connectivity index (χ2v) is 8.61. The highest BCUT2D eigenvalue weighted by atomic mass is 35.5. The first-order valence-corrected chi connectivity index (χ1v) is 10.2. The molecule has 1 aromatic carbocycles. The van der Waals surface area contributed by atoms with Crippen molar-refractivity contribution in [3.8, 4) is 0 Å². The maximum Gasteiger partial charge on any atom is 0.340 e. The van der Waals surface area contributed by atoms with E-state index in [-0.39, 0.29) is 33.2 Å². The smallest absolute Gasteiger partial charge is 0.340 e. The molecule has 138 valence electrons. The van der Waals surface area contributed by atoms with E-state index in [1.54, 1.807) is 12.1 Å². The van der Waals surface area contributed by atoms with E-state index in [1.807, 2.05) is 0 Å². The van der Waals surface area contributed by atoms with Crippen molar-refractivity contribution in [3.63, 3.8) is 0 Å². The lowest BCUT2D eigenvalue weighted by Gasteiger charge is -2.11. The maximum absolute atomic E-state index is 12.4. The lowest BCUT2D eigenvalue weighted by Crippen LogP contribution is -2.26. The first-order valence-electron chi connectivity index (χ1n) is 7.55. The van der Waals surface area contributed by atoms with E-state index in [9.17, 15) is 13.2 Å². The minimum absolute atomic E-state index is 0.000368. The van der Waals surface area contributed by atoms with Crippen molar-refractivity contribution in [2.75, 3.05) is 0 Å². The summed E-state index contributed by atoms with van der Waals surface area (Å²) in [6, 6.07) is 5.46. The van der Waals surface area contributed by atoms with Gasteiger partial charge in [-0.3, -0.25) is 0 Å². The second-order valence-electron chi connectivity index (χ2n) is 5.72. The average molecular weight is 436 g/mol. The van der Waals surface area contributed by atoms with E-state index in [0.29, 0.717) is 10.7 Å². The number of halogens is 3. The summed E-state index contributed by atoms with van der Waals surface area (Å²) in [7, 11) is -3.85. The van der Waals surface area contributed by atoms with Gasteiger partial charge in [-0.1, -0.05) is 40.9 Å². The molecule has 1 heterocycles. The van der Waals surface area contributed by atoms with Gasteiger partial charge in [0.25, 0.3) is 0 Å². The maximum atomic E-state index is 12.4. The standard InChI is InChI=1S/C16H13Cl3N2O4S/c17-12-6-13(18)14(26(23,24)21-10-2-3-10)5-11(12)16(22)25-8-9-1-4-15(19)20-7-9/h1,4-7,10,21H,2-3,8H2. The predicted molar refractivity (Wildman–Crippen MR) is 98.2 cm³/mol. The van der Waals surface area contributed by atoms with E-state index in [4.69, 9.17) is 39.5 Å². The van der Waals surface area contributed by atoms with Gasteiger partial charge in [-0.15, -0.1) is 0 Å². The first kappa shape index (κ1) is 19.4. The Kier molecular flexibility index (Phi) is 5.74. The zero-order chi connectivity index (χ0) is 18.9. The number of pyridine rings is 1.